The van der Waals surface area contributed by atoms with Gasteiger partial charge in [0.1, 0.15) is 10.7 Å². The van der Waals surface area contributed by atoms with Crippen molar-refractivity contribution in [2.75, 3.05) is 36.8 Å². The molecular formula is C18H25N5O2S. The Morgan fingerprint density at radius 2 is 1.69 bits per heavy atom. The predicted molar refractivity (Wildman–Crippen MR) is 102 cm³/mol. The van der Waals surface area contributed by atoms with E-state index in [-0.39, 0.29) is 15.6 Å². The zero-order valence-corrected chi connectivity index (χ0v) is 16.2. The van der Waals surface area contributed by atoms with E-state index in [0.29, 0.717) is 12.0 Å². The zero-order chi connectivity index (χ0) is 18.9. The Labute approximate surface area is 154 Å². The van der Waals surface area contributed by atoms with Crippen LogP contribution >= 0.6 is 0 Å². The first kappa shape index (κ1) is 18.6. The molecule has 0 radical (unpaired) electrons. The van der Waals surface area contributed by atoms with Crippen molar-refractivity contribution < 1.29 is 8.42 Å². The number of hydrogen-bond acceptors (Lipinski definition) is 7. The highest BCUT2D eigenvalue weighted by Crippen LogP contribution is 2.26. The SMILES string of the molecule is Cc1ccc(S(=O)(=O)c2cnc(N3CCN(C(C)C)CC3)nc2N)cc1. The molecule has 1 aromatic carbocycles. The lowest BCUT2D eigenvalue weighted by Crippen LogP contribution is -2.49. The number of nitrogen functional groups attached to an aromatic ring is 1. The van der Waals surface area contributed by atoms with Gasteiger partial charge in [0.15, 0.2) is 0 Å². The largest absolute Gasteiger partial charge is 0.382 e. The zero-order valence-electron chi connectivity index (χ0n) is 15.4. The van der Waals surface area contributed by atoms with Gasteiger partial charge in [-0.25, -0.2) is 13.4 Å². The molecule has 7 nitrogen and oxygen atoms in total. The molecule has 1 saturated heterocycles. The summed E-state index contributed by atoms with van der Waals surface area (Å²) in [4.78, 5) is 13.1. The van der Waals surface area contributed by atoms with E-state index in [2.05, 4.69) is 28.7 Å². The summed E-state index contributed by atoms with van der Waals surface area (Å²) in [5, 5.41) is 0. The summed E-state index contributed by atoms with van der Waals surface area (Å²) in [5.74, 6) is 0.468. The summed E-state index contributed by atoms with van der Waals surface area (Å²) >= 11 is 0. The standard InChI is InChI=1S/C18H25N5O2S/c1-13(2)22-8-10-23(11-9-22)18-20-12-16(17(19)21-18)26(24,25)15-6-4-14(3)5-7-15/h4-7,12-13H,8-11H2,1-3H3,(H2,19,20,21). The number of nitrogens with two attached hydrogens (primary N) is 1. The van der Waals surface area contributed by atoms with Crippen LogP contribution in [0.25, 0.3) is 0 Å². The molecule has 2 N–H and O–H groups in total. The molecular weight excluding hydrogens is 350 g/mol. The fraction of sp³-hybridized carbons (Fsp3) is 0.444. The minimum Gasteiger partial charge on any atom is -0.382 e. The van der Waals surface area contributed by atoms with Crippen LogP contribution in [0.1, 0.15) is 19.4 Å². The lowest BCUT2D eigenvalue weighted by molar-refractivity contribution is 0.208. The molecule has 2 aromatic rings. The molecule has 1 aromatic heterocycles. The van der Waals surface area contributed by atoms with E-state index >= 15 is 0 Å². The van der Waals surface area contributed by atoms with E-state index in [4.69, 9.17) is 5.73 Å². The molecule has 8 heteroatoms. The molecule has 1 aliphatic heterocycles. The third-order valence-corrected chi connectivity index (χ3v) is 6.50. The topological polar surface area (TPSA) is 92.4 Å². The highest BCUT2D eigenvalue weighted by Gasteiger charge is 2.25. The van der Waals surface area contributed by atoms with Crippen LogP contribution < -0.4 is 10.6 Å². The lowest BCUT2D eigenvalue weighted by atomic mass is 10.2. The number of aryl methyl sites for hydroxylation is 1. The fourth-order valence-corrected chi connectivity index (χ4v) is 4.28. The van der Waals surface area contributed by atoms with Gasteiger partial charge in [-0.3, -0.25) is 4.90 Å². The first-order valence-electron chi connectivity index (χ1n) is 8.72. The molecule has 26 heavy (non-hydrogen) atoms. The Morgan fingerprint density at radius 1 is 1.08 bits per heavy atom. The second kappa shape index (κ2) is 7.20. The van der Waals surface area contributed by atoms with Gasteiger partial charge in [-0.15, -0.1) is 0 Å². The van der Waals surface area contributed by atoms with Gasteiger partial charge in [0.2, 0.25) is 15.8 Å². The van der Waals surface area contributed by atoms with Crippen molar-refractivity contribution in [3.05, 3.63) is 36.0 Å². The van der Waals surface area contributed by atoms with Gasteiger partial charge in [0.05, 0.1) is 11.1 Å². The van der Waals surface area contributed by atoms with E-state index in [1.807, 2.05) is 11.8 Å². The molecule has 0 unspecified atom stereocenters. The Bertz CT molecular complexity index is 873. The van der Waals surface area contributed by atoms with Gasteiger partial charge in [-0.1, -0.05) is 17.7 Å². The van der Waals surface area contributed by atoms with Crippen LogP contribution in [0, 0.1) is 6.92 Å². The van der Waals surface area contributed by atoms with Crippen LogP contribution in [0.2, 0.25) is 0 Å². The summed E-state index contributed by atoms with van der Waals surface area (Å²) < 4.78 is 25.6. The van der Waals surface area contributed by atoms with Crippen molar-refractivity contribution in [1.29, 1.82) is 0 Å². The molecule has 2 heterocycles. The quantitative estimate of drug-likeness (QED) is 0.870. The second-order valence-corrected chi connectivity index (χ2v) is 8.77. The normalized spacial score (nSPS) is 16.2. The molecule has 0 bridgehead atoms. The average molecular weight is 375 g/mol. The first-order valence-corrected chi connectivity index (χ1v) is 10.2. The maximum atomic E-state index is 12.8. The van der Waals surface area contributed by atoms with Gasteiger partial charge < -0.3 is 10.6 Å². The summed E-state index contributed by atoms with van der Waals surface area (Å²) in [6.45, 7) is 9.68. The Balaban J connectivity index is 1.83. The van der Waals surface area contributed by atoms with Crippen molar-refractivity contribution in [3.63, 3.8) is 0 Å². The average Bonchev–Trinajstić information content (AvgIpc) is 2.62. The molecule has 3 rings (SSSR count). The van der Waals surface area contributed by atoms with Gasteiger partial charge in [-0.2, -0.15) is 4.98 Å². The third-order valence-electron chi connectivity index (χ3n) is 4.72. The number of rotatable bonds is 4. The summed E-state index contributed by atoms with van der Waals surface area (Å²) in [6.07, 6.45) is 1.32. The number of piperazine rings is 1. The lowest BCUT2D eigenvalue weighted by Gasteiger charge is -2.36. The minimum absolute atomic E-state index is 0.0122. The maximum Gasteiger partial charge on any atom is 0.227 e. The van der Waals surface area contributed by atoms with E-state index in [1.54, 1.807) is 24.3 Å². The molecule has 0 saturated carbocycles. The van der Waals surface area contributed by atoms with Crippen molar-refractivity contribution in [3.8, 4) is 0 Å². The van der Waals surface area contributed by atoms with Gasteiger partial charge in [0, 0.05) is 32.2 Å². The van der Waals surface area contributed by atoms with Gasteiger partial charge in [0.25, 0.3) is 0 Å². The van der Waals surface area contributed by atoms with Crippen LogP contribution in [0.4, 0.5) is 11.8 Å². The number of benzene rings is 1. The summed E-state index contributed by atoms with van der Waals surface area (Å²) in [6, 6.07) is 7.16. The molecule has 0 spiro atoms. The second-order valence-electron chi connectivity index (χ2n) is 6.85. The maximum absolute atomic E-state index is 12.8. The first-order chi connectivity index (χ1) is 12.3. The molecule has 140 valence electrons. The Hall–Kier alpha value is -2.19. The number of hydrogen-bond donors (Lipinski definition) is 1. The molecule has 1 fully saturated rings. The van der Waals surface area contributed by atoms with Crippen LogP contribution in [0.5, 0.6) is 0 Å². The highest BCUT2D eigenvalue weighted by atomic mass is 32.2. The molecule has 1 aliphatic rings. The fourth-order valence-electron chi connectivity index (χ4n) is 3.02. The van der Waals surface area contributed by atoms with Crippen LogP contribution in [0.3, 0.4) is 0 Å². The molecule has 0 amide bonds. The van der Waals surface area contributed by atoms with Crippen molar-refractivity contribution >= 4 is 21.6 Å². The minimum atomic E-state index is -3.73. The van der Waals surface area contributed by atoms with E-state index in [1.165, 1.54) is 6.20 Å². The Morgan fingerprint density at radius 3 is 2.23 bits per heavy atom. The summed E-state index contributed by atoms with van der Waals surface area (Å²) in [5.41, 5.74) is 6.98. The molecule has 0 atom stereocenters. The number of anilines is 2. The highest BCUT2D eigenvalue weighted by molar-refractivity contribution is 7.91. The van der Waals surface area contributed by atoms with Crippen molar-refractivity contribution in [1.82, 2.24) is 14.9 Å². The van der Waals surface area contributed by atoms with Crippen LogP contribution in [-0.2, 0) is 9.84 Å². The predicted octanol–water partition coefficient (Wildman–Crippen LogP) is 1.73. The van der Waals surface area contributed by atoms with Crippen molar-refractivity contribution in [2.24, 2.45) is 0 Å². The number of aromatic nitrogens is 2. The van der Waals surface area contributed by atoms with E-state index in [9.17, 15) is 8.42 Å². The van der Waals surface area contributed by atoms with Crippen molar-refractivity contribution in [2.45, 2.75) is 36.6 Å². The van der Waals surface area contributed by atoms with Crippen LogP contribution in [-0.4, -0.2) is 55.5 Å². The number of nitrogens with zero attached hydrogens (tertiary/aromatic N) is 4. The van der Waals surface area contributed by atoms with Crippen LogP contribution in [0.15, 0.2) is 40.3 Å². The van der Waals surface area contributed by atoms with E-state index in [0.717, 1.165) is 31.7 Å². The summed E-state index contributed by atoms with van der Waals surface area (Å²) in [7, 11) is -3.73. The number of sulfone groups is 1. The Kier molecular flexibility index (Phi) is 5.15. The smallest absolute Gasteiger partial charge is 0.227 e. The molecule has 0 aliphatic carbocycles. The van der Waals surface area contributed by atoms with Gasteiger partial charge in [-0.05, 0) is 32.9 Å². The van der Waals surface area contributed by atoms with Gasteiger partial charge >= 0.3 is 0 Å². The van der Waals surface area contributed by atoms with E-state index < -0.39 is 9.84 Å². The third kappa shape index (κ3) is 3.66. The monoisotopic (exact) mass is 375 g/mol.